The van der Waals surface area contributed by atoms with E-state index in [1.54, 1.807) is 17.4 Å². The van der Waals surface area contributed by atoms with Gasteiger partial charge in [-0.2, -0.15) is 11.3 Å². The molecule has 5 aromatic rings. The Hall–Kier alpha value is -4.24. The van der Waals surface area contributed by atoms with E-state index in [1.165, 1.54) is 5.56 Å². The van der Waals surface area contributed by atoms with E-state index in [9.17, 15) is 9.90 Å². The first-order valence-electron chi connectivity index (χ1n) is 13.8. The fourth-order valence-corrected chi connectivity index (χ4v) is 5.84. The zero-order chi connectivity index (χ0) is 28.2. The first kappa shape index (κ1) is 27.0. The molecule has 1 aliphatic heterocycles. The number of fused-ring (bicyclic) bond motifs is 1. The Labute approximate surface area is 243 Å². The highest BCUT2D eigenvalue weighted by Gasteiger charge is 2.21. The van der Waals surface area contributed by atoms with Gasteiger partial charge < -0.3 is 20.1 Å². The Balaban J connectivity index is 1.35. The van der Waals surface area contributed by atoms with Crippen LogP contribution < -0.4 is 5.32 Å². The second-order valence-corrected chi connectivity index (χ2v) is 11.0. The van der Waals surface area contributed by atoms with Crippen LogP contribution in [0.5, 0.6) is 5.88 Å². The van der Waals surface area contributed by atoms with E-state index in [-0.39, 0.29) is 17.8 Å². The number of carbonyl (C=O) groups excluding carboxylic acids is 1. The number of aromatic amines is 1. The molecule has 0 aliphatic carbocycles. The second-order valence-electron chi connectivity index (χ2n) is 10.2. The highest BCUT2D eigenvalue weighted by molar-refractivity contribution is 7.08. The first-order chi connectivity index (χ1) is 20.0. The van der Waals surface area contributed by atoms with Gasteiger partial charge in [-0.05, 0) is 59.8 Å². The van der Waals surface area contributed by atoms with E-state index in [0.717, 1.165) is 60.6 Å². The van der Waals surface area contributed by atoms with Gasteiger partial charge in [0.15, 0.2) is 5.88 Å². The zero-order valence-electron chi connectivity index (χ0n) is 22.8. The number of morpholine rings is 1. The van der Waals surface area contributed by atoms with Crippen molar-refractivity contribution in [2.75, 3.05) is 26.3 Å². The smallest absolute Gasteiger partial charge is 0.251 e. The van der Waals surface area contributed by atoms with Crippen molar-refractivity contribution in [1.82, 2.24) is 15.2 Å². The molecule has 3 N–H and O–H groups in total. The number of aromatic nitrogens is 1. The Morgan fingerprint density at radius 3 is 2.66 bits per heavy atom. The van der Waals surface area contributed by atoms with Gasteiger partial charge in [-0.3, -0.25) is 9.69 Å². The van der Waals surface area contributed by atoms with Crippen LogP contribution in [0.25, 0.3) is 10.9 Å². The van der Waals surface area contributed by atoms with Crippen LogP contribution in [-0.2, 0) is 11.3 Å². The number of H-pyrrole nitrogens is 1. The Morgan fingerprint density at radius 1 is 1.05 bits per heavy atom. The summed E-state index contributed by atoms with van der Waals surface area (Å²) >= 11 is 1.57. The topological polar surface area (TPSA) is 90.0 Å². The summed E-state index contributed by atoms with van der Waals surface area (Å²) in [6.45, 7) is 6.14. The lowest BCUT2D eigenvalue weighted by molar-refractivity contribution is 0.0342. The van der Waals surface area contributed by atoms with E-state index in [1.807, 2.05) is 78.3 Å². The molecule has 1 saturated heterocycles. The van der Waals surface area contributed by atoms with Crippen molar-refractivity contribution in [1.29, 1.82) is 0 Å². The van der Waals surface area contributed by atoms with Crippen LogP contribution in [0, 0.1) is 0 Å². The maximum absolute atomic E-state index is 13.3. The van der Waals surface area contributed by atoms with E-state index in [2.05, 4.69) is 27.3 Å². The highest BCUT2D eigenvalue weighted by Crippen LogP contribution is 2.33. The molecule has 8 heteroatoms. The lowest BCUT2D eigenvalue weighted by Gasteiger charge is -2.26. The molecular weight excluding hydrogens is 532 g/mol. The Morgan fingerprint density at radius 2 is 1.88 bits per heavy atom. The molecule has 0 bridgehead atoms. The molecule has 3 aromatic carbocycles. The molecule has 1 fully saturated rings. The van der Waals surface area contributed by atoms with Crippen molar-refractivity contribution in [3.63, 3.8) is 0 Å². The summed E-state index contributed by atoms with van der Waals surface area (Å²) < 4.78 is 5.49. The van der Waals surface area contributed by atoms with Crippen LogP contribution >= 0.6 is 11.3 Å². The molecule has 1 aliphatic rings. The Bertz CT molecular complexity index is 1670. The summed E-state index contributed by atoms with van der Waals surface area (Å²) in [5.41, 5.74) is 6.37. The summed E-state index contributed by atoms with van der Waals surface area (Å²) in [5.74, 6) is -0.163. The van der Waals surface area contributed by atoms with E-state index in [4.69, 9.17) is 9.73 Å². The van der Waals surface area contributed by atoms with Crippen LogP contribution in [0.2, 0.25) is 0 Å². The molecule has 0 saturated carbocycles. The molecular formula is C33H32N4O3S. The minimum absolute atomic E-state index is 0.0182. The number of aromatic hydroxyl groups is 1. The Kier molecular flexibility index (Phi) is 7.95. The maximum Gasteiger partial charge on any atom is 0.251 e. The zero-order valence-corrected chi connectivity index (χ0v) is 23.7. The summed E-state index contributed by atoms with van der Waals surface area (Å²) in [5, 5.41) is 19.0. The quantitative estimate of drug-likeness (QED) is 0.190. The summed E-state index contributed by atoms with van der Waals surface area (Å²) in [4.78, 5) is 23.8. The maximum atomic E-state index is 13.3. The van der Waals surface area contributed by atoms with Gasteiger partial charge in [0.1, 0.15) is 0 Å². The molecule has 0 unspecified atom stereocenters. The number of rotatable bonds is 8. The number of thiophene rings is 1. The number of nitrogens with zero attached hydrogens (tertiary/aromatic N) is 2. The van der Waals surface area contributed by atoms with Crippen molar-refractivity contribution >= 4 is 39.5 Å². The standard InChI is InChI=1S/C33H32N4O3S/c1-22(24-7-3-2-4-8-24)34-32(38)25-10-11-29-28(19-25)30(33(39)36-29)31(26-12-17-41-21-26)35-27-9-5-6-23(18-27)20-37-13-15-40-16-14-37/h2-12,17-19,21-22,36,39H,13-16,20H2,1H3,(H,34,38)/t22-/m1/s1. The molecule has 3 heterocycles. The number of benzene rings is 3. The predicted octanol–water partition coefficient (Wildman–Crippen LogP) is 6.43. The average Bonchev–Trinajstić information content (AvgIpc) is 3.64. The number of aliphatic imine (C=N–C) groups is 1. The van der Waals surface area contributed by atoms with E-state index < -0.39 is 0 Å². The summed E-state index contributed by atoms with van der Waals surface area (Å²) in [7, 11) is 0. The molecule has 0 spiro atoms. The summed E-state index contributed by atoms with van der Waals surface area (Å²) in [6.07, 6.45) is 0. The van der Waals surface area contributed by atoms with Gasteiger partial charge in [0.25, 0.3) is 5.91 Å². The fourth-order valence-electron chi connectivity index (χ4n) is 5.20. The first-order valence-corrected chi connectivity index (χ1v) is 14.7. The van der Waals surface area contributed by atoms with E-state index in [0.29, 0.717) is 16.8 Å². The van der Waals surface area contributed by atoms with Crippen molar-refractivity contribution in [3.8, 4) is 5.88 Å². The van der Waals surface area contributed by atoms with Gasteiger partial charge in [0.05, 0.1) is 36.2 Å². The number of hydrogen-bond donors (Lipinski definition) is 3. The van der Waals surface area contributed by atoms with Crippen molar-refractivity contribution in [2.24, 2.45) is 4.99 Å². The van der Waals surface area contributed by atoms with Crippen molar-refractivity contribution in [3.05, 3.63) is 117 Å². The average molecular weight is 565 g/mol. The normalized spacial score (nSPS) is 15.2. The number of nitrogens with one attached hydrogen (secondary N) is 2. The molecule has 7 nitrogen and oxygen atoms in total. The van der Waals surface area contributed by atoms with Crippen LogP contribution in [-0.4, -0.2) is 52.9 Å². The third kappa shape index (κ3) is 6.10. The van der Waals surface area contributed by atoms with E-state index >= 15 is 0 Å². The monoisotopic (exact) mass is 564 g/mol. The van der Waals surface area contributed by atoms with Crippen LogP contribution in [0.4, 0.5) is 5.69 Å². The molecule has 0 radical (unpaired) electrons. The van der Waals surface area contributed by atoms with Gasteiger partial charge >= 0.3 is 0 Å². The lowest BCUT2D eigenvalue weighted by Crippen LogP contribution is -2.35. The van der Waals surface area contributed by atoms with Crippen LogP contribution in [0.15, 0.2) is 94.6 Å². The third-order valence-electron chi connectivity index (χ3n) is 7.38. The molecule has 208 valence electrons. The van der Waals surface area contributed by atoms with Gasteiger partial charge in [0, 0.05) is 47.0 Å². The SMILES string of the molecule is C[C@@H](NC(=O)c1ccc2[nH]c(O)c(C(=Nc3cccc(CN4CCOCC4)c3)c3ccsc3)c2c1)c1ccccc1. The number of carbonyl (C=O) groups is 1. The van der Waals surface area contributed by atoms with Crippen molar-refractivity contribution in [2.45, 2.75) is 19.5 Å². The highest BCUT2D eigenvalue weighted by atomic mass is 32.1. The minimum Gasteiger partial charge on any atom is -0.494 e. The van der Waals surface area contributed by atoms with Crippen molar-refractivity contribution < 1.29 is 14.6 Å². The van der Waals surface area contributed by atoms with Gasteiger partial charge in [-0.25, -0.2) is 4.99 Å². The van der Waals surface area contributed by atoms with Gasteiger partial charge in [0.2, 0.25) is 0 Å². The minimum atomic E-state index is -0.181. The molecule has 6 rings (SSSR count). The number of amides is 1. The lowest BCUT2D eigenvalue weighted by atomic mass is 10.0. The summed E-state index contributed by atoms with van der Waals surface area (Å²) in [6, 6.07) is 25.3. The largest absolute Gasteiger partial charge is 0.494 e. The van der Waals surface area contributed by atoms with Gasteiger partial charge in [-0.1, -0.05) is 42.5 Å². The third-order valence-corrected chi connectivity index (χ3v) is 8.06. The number of ether oxygens (including phenoxy) is 1. The predicted molar refractivity (Wildman–Crippen MR) is 164 cm³/mol. The fraction of sp³-hybridized carbons (Fsp3) is 0.212. The molecule has 1 amide bonds. The van der Waals surface area contributed by atoms with Gasteiger partial charge in [-0.15, -0.1) is 0 Å². The number of hydrogen-bond acceptors (Lipinski definition) is 6. The van der Waals surface area contributed by atoms with Crippen LogP contribution in [0.3, 0.4) is 0 Å². The second kappa shape index (κ2) is 12.1. The molecule has 2 aromatic heterocycles. The molecule has 41 heavy (non-hydrogen) atoms. The van der Waals surface area contributed by atoms with Crippen LogP contribution in [0.1, 0.15) is 45.6 Å². The molecule has 1 atom stereocenters.